The smallest absolute Gasteiger partial charge is 0.267 e. The molecule has 0 radical (unpaired) electrons. The summed E-state index contributed by atoms with van der Waals surface area (Å²) in [7, 11) is 0. The molecule has 0 saturated carbocycles. The van der Waals surface area contributed by atoms with E-state index in [4.69, 9.17) is 0 Å². The van der Waals surface area contributed by atoms with Gasteiger partial charge in [-0.1, -0.05) is 24.3 Å². The number of nitrogens with one attached hydrogen (secondary N) is 1. The number of hydrazone groups is 1. The van der Waals surface area contributed by atoms with Gasteiger partial charge in [-0.2, -0.15) is 5.10 Å². The van der Waals surface area contributed by atoms with Crippen molar-refractivity contribution < 1.29 is 14.1 Å². The lowest BCUT2D eigenvalue weighted by Crippen LogP contribution is -2.17. The molecular weight excluding hydrogens is 277 g/mol. The van der Waals surface area contributed by atoms with Crippen molar-refractivity contribution in [3.63, 3.8) is 0 Å². The number of benzene rings is 2. The minimum Gasteiger partial charge on any atom is -0.267 e. The molecule has 1 N–H and O–H groups in total. The van der Waals surface area contributed by atoms with Crippen LogP contribution in [-0.2, 0) is 0 Å². The van der Waals surface area contributed by atoms with Crippen molar-refractivity contribution in [2.24, 2.45) is 5.10 Å². The van der Waals surface area contributed by atoms with Crippen molar-refractivity contribution in [1.82, 2.24) is 5.43 Å². The lowest BCUT2D eigenvalue weighted by atomic mass is 10.2. The van der Waals surface area contributed by atoms with Crippen LogP contribution >= 0.6 is 0 Å². The largest absolute Gasteiger partial charge is 0.271 e. The fourth-order valence-corrected chi connectivity index (χ4v) is 1.57. The van der Waals surface area contributed by atoms with Crippen LogP contribution < -0.4 is 5.43 Å². The van der Waals surface area contributed by atoms with Crippen LogP contribution in [0.5, 0.6) is 0 Å². The molecule has 21 heavy (non-hydrogen) atoms. The predicted octanol–water partition coefficient (Wildman–Crippen LogP) is 2.50. The molecule has 0 unspecified atom stereocenters. The maximum absolute atomic E-state index is 13.3. The molecule has 0 atom stereocenters. The summed E-state index contributed by atoms with van der Waals surface area (Å²) in [5.41, 5.74) is 2.30. The van der Waals surface area contributed by atoms with E-state index in [0.717, 1.165) is 12.3 Å². The second-order valence-corrected chi connectivity index (χ2v) is 4.03. The Morgan fingerprint density at radius 3 is 2.71 bits per heavy atom. The summed E-state index contributed by atoms with van der Waals surface area (Å²) in [6.45, 7) is 0. The van der Waals surface area contributed by atoms with Gasteiger partial charge in [-0.25, -0.2) is 9.82 Å². The Morgan fingerprint density at radius 2 is 2.00 bits per heavy atom. The zero-order chi connectivity index (χ0) is 15.2. The Morgan fingerprint density at radius 1 is 1.24 bits per heavy atom. The van der Waals surface area contributed by atoms with Gasteiger partial charge in [0.2, 0.25) is 0 Å². The van der Waals surface area contributed by atoms with Crippen molar-refractivity contribution >= 4 is 17.8 Å². The molecule has 7 heteroatoms. The molecule has 0 saturated heterocycles. The summed E-state index contributed by atoms with van der Waals surface area (Å²) in [4.78, 5) is 21.8. The molecule has 0 heterocycles. The quantitative estimate of drug-likeness (QED) is 0.532. The number of halogens is 1. The number of hydrogen-bond acceptors (Lipinski definition) is 4. The summed E-state index contributed by atoms with van der Waals surface area (Å²) >= 11 is 0. The van der Waals surface area contributed by atoms with E-state index in [2.05, 4.69) is 10.5 Å². The van der Waals surface area contributed by atoms with Crippen LogP contribution in [0.4, 0.5) is 10.1 Å². The SMILES string of the molecule is O=C(NN=Cc1ccccc1F)c1cccc([N+](=O)[O-])c1. The summed E-state index contributed by atoms with van der Waals surface area (Å²) < 4.78 is 13.3. The van der Waals surface area contributed by atoms with Crippen molar-refractivity contribution in [1.29, 1.82) is 0 Å². The number of carbonyl (C=O) groups is 1. The molecule has 1 amide bonds. The third-order valence-corrected chi connectivity index (χ3v) is 2.59. The Kier molecular flexibility index (Phi) is 4.35. The number of hydrogen-bond donors (Lipinski definition) is 1. The second-order valence-electron chi connectivity index (χ2n) is 4.03. The molecule has 0 bridgehead atoms. The molecule has 0 aliphatic carbocycles. The van der Waals surface area contributed by atoms with Crippen molar-refractivity contribution in [2.75, 3.05) is 0 Å². The first kappa shape index (κ1) is 14.3. The van der Waals surface area contributed by atoms with Crippen LogP contribution in [0.1, 0.15) is 15.9 Å². The van der Waals surface area contributed by atoms with Crippen molar-refractivity contribution in [2.45, 2.75) is 0 Å². The molecule has 2 rings (SSSR count). The van der Waals surface area contributed by atoms with Crippen molar-refractivity contribution in [3.05, 3.63) is 75.6 Å². The van der Waals surface area contributed by atoms with Crippen LogP contribution in [0.3, 0.4) is 0 Å². The highest BCUT2D eigenvalue weighted by Crippen LogP contribution is 2.12. The molecule has 2 aromatic rings. The number of nitrogens with zero attached hydrogens (tertiary/aromatic N) is 2. The normalized spacial score (nSPS) is 10.5. The standard InChI is InChI=1S/C14H10FN3O3/c15-13-7-2-1-4-11(13)9-16-17-14(19)10-5-3-6-12(8-10)18(20)21/h1-9H,(H,17,19). The van der Waals surface area contributed by atoms with Crippen LogP contribution in [0.2, 0.25) is 0 Å². The first-order chi connectivity index (χ1) is 10.1. The topological polar surface area (TPSA) is 84.6 Å². The molecule has 0 spiro atoms. The maximum atomic E-state index is 13.3. The highest BCUT2D eigenvalue weighted by atomic mass is 19.1. The Balaban J connectivity index is 2.07. The van der Waals surface area contributed by atoms with Gasteiger partial charge in [-0.15, -0.1) is 0 Å². The lowest BCUT2D eigenvalue weighted by molar-refractivity contribution is -0.384. The molecule has 0 aromatic heterocycles. The Labute approximate surface area is 119 Å². The Bertz CT molecular complexity index is 716. The molecule has 0 fully saturated rings. The summed E-state index contributed by atoms with van der Waals surface area (Å²) in [5.74, 6) is -1.09. The fraction of sp³-hybridized carbons (Fsp3) is 0. The van der Waals surface area contributed by atoms with Gasteiger partial charge in [-0.05, 0) is 12.1 Å². The molecule has 0 aliphatic heterocycles. The minimum atomic E-state index is -0.619. The van der Waals surface area contributed by atoms with Gasteiger partial charge >= 0.3 is 0 Å². The molecule has 106 valence electrons. The first-order valence-electron chi connectivity index (χ1n) is 5.90. The number of carbonyl (C=O) groups excluding carboxylic acids is 1. The summed E-state index contributed by atoms with van der Waals surface area (Å²) in [5, 5.41) is 14.2. The Hall–Kier alpha value is -3.09. The number of nitro benzene ring substituents is 1. The van der Waals surface area contributed by atoms with Crippen molar-refractivity contribution in [3.8, 4) is 0 Å². The molecular formula is C14H10FN3O3. The average molecular weight is 287 g/mol. The van der Waals surface area contributed by atoms with Crippen LogP contribution in [0.15, 0.2) is 53.6 Å². The highest BCUT2D eigenvalue weighted by molar-refractivity contribution is 5.95. The summed E-state index contributed by atoms with van der Waals surface area (Å²) in [6, 6.07) is 11.2. The first-order valence-corrected chi connectivity index (χ1v) is 5.90. The average Bonchev–Trinajstić information content (AvgIpc) is 2.49. The van der Waals surface area contributed by atoms with E-state index in [-0.39, 0.29) is 16.8 Å². The van der Waals surface area contributed by atoms with E-state index in [9.17, 15) is 19.3 Å². The fourth-order valence-electron chi connectivity index (χ4n) is 1.57. The van der Waals surface area contributed by atoms with E-state index >= 15 is 0 Å². The van der Waals surface area contributed by atoms with Gasteiger partial charge < -0.3 is 0 Å². The third-order valence-electron chi connectivity index (χ3n) is 2.59. The van der Waals surface area contributed by atoms with Crippen LogP contribution in [-0.4, -0.2) is 17.0 Å². The summed E-state index contributed by atoms with van der Waals surface area (Å²) in [6.07, 6.45) is 1.16. The van der Waals surface area contributed by atoms with Gasteiger partial charge in [0.15, 0.2) is 0 Å². The molecule has 6 nitrogen and oxygen atoms in total. The highest BCUT2D eigenvalue weighted by Gasteiger charge is 2.10. The van der Waals surface area contributed by atoms with Gasteiger partial charge in [0.25, 0.3) is 11.6 Å². The number of rotatable bonds is 4. The van der Waals surface area contributed by atoms with Gasteiger partial charge in [0.1, 0.15) is 5.82 Å². The zero-order valence-electron chi connectivity index (χ0n) is 10.7. The molecule has 2 aromatic carbocycles. The van der Waals surface area contributed by atoms with E-state index in [1.165, 1.54) is 36.4 Å². The van der Waals surface area contributed by atoms with Gasteiger partial charge in [-0.3, -0.25) is 14.9 Å². The van der Waals surface area contributed by atoms with Gasteiger partial charge in [0.05, 0.1) is 11.1 Å². The minimum absolute atomic E-state index is 0.0925. The number of amides is 1. The van der Waals surface area contributed by atoms with E-state index in [1.54, 1.807) is 6.07 Å². The zero-order valence-corrected chi connectivity index (χ0v) is 10.7. The monoisotopic (exact) mass is 287 g/mol. The van der Waals surface area contributed by atoms with Crippen LogP contribution in [0.25, 0.3) is 0 Å². The van der Waals surface area contributed by atoms with E-state index < -0.39 is 16.6 Å². The molecule has 0 aliphatic rings. The lowest BCUT2D eigenvalue weighted by Gasteiger charge is -2.00. The second kappa shape index (κ2) is 6.38. The maximum Gasteiger partial charge on any atom is 0.271 e. The van der Waals surface area contributed by atoms with E-state index in [1.807, 2.05) is 0 Å². The van der Waals surface area contributed by atoms with Gasteiger partial charge in [0, 0.05) is 23.3 Å². The van der Waals surface area contributed by atoms with Crippen LogP contribution in [0, 0.1) is 15.9 Å². The number of nitro groups is 1. The number of non-ortho nitro benzene ring substituents is 1. The van der Waals surface area contributed by atoms with E-state index in [0.29, 0.717) is 0 Å². The predicted molar refractivity (Wildman–Crippen MR) is 74.6 cm³/mol. The third kappa shape index (κ3) is 3.69.